The molecule has 2 aromatic rings. The first-order chi connectivity index (χ1) is 13.4. The second kappa shape index (κ2) is 6.14. The standard InChI is InChI=1S/C20H22BFN2O3/c1-19(2)20(3,4)27-21(26-19)14-8-7-13(16(22)10-14)11-24-12-17-15(18(24)25)6-5-9-23-17/h5-10H,11-12H2,1-4H3/i12D2. The number of nitrogens with zero attached hydrogens (tertiary/aromatic N) is 2. The molecule has 0 aliphatic carbocycles. The van der Waals surface area contributed by atoms with Crippen molar-refractivity contribution in [3.63, 3.8) is 0 Å². The van der Waals surface area contributed by atoms with E-state index in [9.17, 15) is 9.18 Å². The van der Waals surface area contributed by atoms with Gasteiger partial charge in [0.2, 0.25) is 0 Å². The second-order valence-electron chi connectivity index (χ2n) is 7.84. The first kappa shape index (κ1) is 15.8. The van der Waals surface area contributed by atoms with Gasteiger partial charge < -0.3 is 14.2 Å². The fraction of sp³-hybridized carbons (Fsp3) is 0.400. The number of aromatic nitrogens is 1. The van der Waals surface area contributed by atoms with Gasteiger partial charge in [-0.3, -0.25) is 9.78 Å². The Labute approximate surface area is 161 Å². The third-order valence-corrected chi connectivity index (χ3v) is 5.46. The van der Waals surface area contributed by atoms with E-state index in [0.29, 0.717) is 5.46 Å². The molecule has 1 fully saturated rings. The Morgan fingerprint density at radius 1 is 1.26 bits per heavy atom. The van der Waals surface area contributed by atoms with Crippen molar-refractivity contribution in [2.45, 2.75) is 51.9 Å². The first-order valence-corrected chi connectivity index (χ1v) is 8.85. The molecule has 7 heteroatoms. The molecule has 27 heavy (non-hydrogen) atoms. The van der Waals surface area contributed by atoms with Crippen LogP contribution in [0, 0.1) is 5.82 Å². The molecule has 0 N–H and O–H groups in total. The lowest BCUT2D eigenvalue weighted by atomic mass is 9.78. The molecule has 1 saturated heterocycles. The third kappa shape index (κ3) is 3.05. The molecule has 5 nitrogen and oxygen atoms in total. The number of rotatable bonds is 3. The van der Waals surface area contributed by atoms with Crippen molar-refractivity contribution in [2.24, 2.45) is 0 Å². The molecule has 1 aromatic heterocycles. The van der Waals surface area contributed by atoms with Crippen LogP contribution in [0.3, 0.4) is 0 Å². The number of carbonyl (C=O) groups excluding carboxylic acids is 1. The summed E-state index contributed by atoms with van der Waals surface area (Å²) in [5.74, 6) is -1.06. The van der Waals surface area contributed by atoms with E-state index in [1.807, 2.05) is 27.7 Å². The predicted octanol–water partition coefficient (Wildman–Crippen LogP) is 2.68. The highest BCUT2D eigenvalue weighted by Gasteiger charge is 2.51. The summed E-state index contributed by atoms with van der Waals surface area (Å²) in [6, 6.07) is 7.65. The lowest BCUT2D eigenvalue weighted by Crippen LogP contribution is -2.41. The maximum atomic E-state index is 14.9. The van der Waals surface area contributed by atoms with E-state index in [0.717, 1.165) is 4.90 Å². The molecule has 0 atom stereocenters. The summed E-state index contributed by atoms with van der Waals surface area (Å²) in [4.78, 5) is 17.6. The highest BCUT2D eigenvalue weighted by molar-refractivity contribution is 6.62. The van der Waals surface area contributed by atoms with Crippen LogP contribution in [0.5, 0.6) is 0 Å². The van der Waals surface area contributed by atoms with E-state index >= 15 is 0 Å². The van der Waals surface area contributed by atoms with Crippen LogP contribution < -0.4 is 5.46 Å². The monoisotopic (exact) mass is 370 g/mol. The Balaban J connectivity index is 1.58. The van der Waals surface area contributed by atoms with Crippen LogP contribution in [0.4, 0.5) is 4.39 Å². The molecule has 1 amide bonds. The molecule has 0 unspecified atom stereocenters. The van der Waals surface area contributed by atoms with Crippen LogP contribution in [-0.4, -0.2) is 34.1 Å². The molecular weight excluding hydrogens is 346 g/mol. The number of fused-ring (bicyclic) bond motifs is 1. The van der Waals surface area contributed by atoms with Gasteiger partial charge in [0.25, 0.3) is 5.91 Å². The van der Waals surface area contributed by atoms with Crippen molar-refractivity contribution in [1.82, 2.24) is 9.88 Å². The number of carbonyl (C=O) groups is 1. The van der Waals surface area contributed by atoms with Gasteiger partial charge in [0.05, 0.1) is 31.7 Å². The van der Waals surface area contributed by atoms with Crippen LogP contribution in [0.1, 0.15) is 52.1 Å². The van der Waals surface area contributed by atoms with E-state index < -0.39 is 36.5 Å². The average Bonchev–Trinajstić information content (AvgIpc) is 2.97. The molecule has 2 aliphatic heterocycles. The van der Waals surface area contributed by atoms with Gasteiger partial charge in [-0.1, -0.05) is 12.1 Å². The Kier molecular flexibility index (Phi) is 3.59. The first-order valence-electron chi connectivity index (χ1n) is 9.85. The fourth-order valence-corrected chi connectivity index (χ4v) is 3.09. The van der Waals surface area contributed by atoms with Crippen LogP contribution in [0.2, 0.25) is 0 Å². The number of pyridine rings is 1. The Bertz CT molecular complexity index is 983. The van der Waals surface area contributed by atoms with E-state index in [1.165, 1.54) is 24.4 Å². The topological polar surface area (TPSA) is 51.7 Å². The van der Waals surface area contributed by atoms with Crippen molar-refractivity contribution in [3.05, 3.63) is 59.2 Å². The maximum Gasteiger partial charge on any atom is 0.494 e. The van der Waals surface area contributed by atoms with Gasteiger partial charge in [-0.05, 0) is 51.4 Å². The lowest BCUT2D eigenvalue weighted by Gasteiger charge is -2.32. The minimum atomic E-state index is -2.11. The summed E-state index contributed by atoms with van der Waals surface area (Å²) in [5.41, 5.74) is -0.0837. The number of hydrogen-bond acceptors (Lipinski definition) is 4. The molecule has 0 spiro atoms. The van der Waals surface area contributed by atoms with Gasteiger partial charge in [0, 0.05) is 18.3 Å². The van der Waals surface area contributed by atoms with Crippen molar-refractivity contribution in [1.29, 1.82) is 0 Å². The van der Waals surface area contributed by atoms with Crippen LogP contribution >= 0.6 is 0 Å². The number of halogens is 1. The lowest BCUT2D eigenvalue weighted by molar-refractivity contribution is 0.00578. The van der Waals surface area contributed by atoms with E-state index in [4.69, 9.17) is 12.1 Å². The van der Waals surface area contributed by atoms with Gasteiger partial charge in [-0.15, -0.1) is 0 Å². The number of benzene rings is 1. The number of amides is 1. The quantitative estimate of drug-likeness (QED) is 0.780. The second-order valence-corrected chi connectivity index (χ2v) is 7.84. The minimum Gasteiger partial charge on any atom is -0.399 e. The van der Waals surface area contributed by atoms with Crippen molar-refractivity contribution in [2.75, 3.05) is 0 Å². The summed E-state index contributed by atoms with van der Waals surface area (Å²) in [7, 11) is -0.697. The van der Waals surface area contributed by atoms with Gasteiger partial charge in [0.1, 0.15) is 5.82 Å². The summed E-state index contributed by atoms with van der Waals surface area (Å²) in [6.07, 6.45) is 1.44. The zero-order valence-corrected chi connectivity index (χ0v) is 15.7. The third-order valence-electron chi connectivity index (χ3n) is 5.46. The SMILES string of the molecule is [2H]C1([2H])c2ncccc2C(=O)N1Cc1ccc(B2OC(C)(C)C(C)(C)O2)cc1F. The highest BCUT2D eigenvalue weighted by Crippen LogP contribution is 2.36. The Morgan fingerprint density at radius 2 is 1.96 bits per heavy atom. The van der Waals surface area contributed by atoms with Gasteiger partial charge in [0.15, 0.2) is 0 Å². The van der Waals surface area contributed by atoms with Crippen LogP contribution in [0.25, 0.3) is 0 Å². The van der Waals surface area contributed by atoms with Crippen molar-refractivity contribution < 1.29 is 21.2 Å². The number of hydrogen-bond donors (Lipinski definition) is 0. The Hall–Kier alpha value is -2.25. The molecule has 0 saturated carbocycles. The molecular formula is C20H22BFN2O3. The molecule has 4 rings (SSSR count). The summed E-state index contributed by atoms with van der Waals surface area (Å²) in [6.45, 7) is 5.37. The van der Waals surface area contributed by atoms with Crippen molar-refractivity contribution in [3.8, 4) is 0 Å². The van der Waals surface area contributed by atoms with E-state index in [1.54, 1.807) is 12.1 Å². The largest absolute Gasteiger partial charge is 0.494 e. The molecule has 0 radical (unpaired) electrons. The zero-order chi connectivity index (χ0) is 21.2. The molecule has 0 bridgehead atoms. The fourth-order valence-electron chi connectivity index (χ4n) is 3.09. The van der Waals surface area contributed by atoms with E-state index in [2.05, 4.69) is 4.98 Å². The molecule has 3 heterocycles. The summed E-state index contributed by atoms with van der Waals surface area (Å²) < 4.78 is 43.3. The highest BCUT2D eigenvalue weighted by atomic mass is 19.1. The van der Waals surface area contributed by atoms with Crippen LogP contribution in [-0.2, 0) is 22.4 Å². The maximum absolute atomic E-state index is 14.9. The van der Waals surface area contributed by atoms with Gasteiger partial charge in [-0.2, -0.15) is 0 Å². The van der Waals surface area contributed by atoms with Gasteiger partial charge >= 0.3 is 7.12 Å². The van der Waals surface area contributed by atoms with E-state index in [-0.39, 0.29) is 23.4 Å². The van der Waals surface area contributed by atoms with Crippen molar-refractivity contribution >= 4 is 18.5 Å². The smallest absolute Gasteiger partial charge is 0.399 e. The molecule has 2 aliphatic rings. The zero-order valence-electron chi connectivity index (χ0n) is 17.7. The van der Waals surface area contributed by atoms with Gasteiger partial charge in [-0.25, -0.2) is 4.39 Å². The molecule has 140 valence electrons. The summed E-state index contributed by atoms with van der Waals surface area (Å²) in [5, 5.41) is 0. The van der Waals surface area contributed by atoms with Crippen LogP contribution in [0.15, 0.2) is 36.5 Å². The Morgan fingerprint density at radius 3 is 2.59 bits per heavy atom. The average molecular weight is 370 g/mol. The molecule has 1 aromatic carbocycles. The predicted molar refractivity (Wildman–Crippen MR) is 99.9 cm³/mol. The summed E-state index contributed by atoms with van der Waals surface area (Å²) >= 11 is 0. The normalized spacial score (nSPS) is 23.2. The minimum absolute atomic E-state index is 0.0549.